The summed E-state index contributed by atoms with van der Waals surface area (Å²) in [6.07, 6.45) is 0. The molecule has 0 aliphatic carbocycles. The van der Waals surface area contributed by atoms with Gasteiger partial charge in [0.25, 0.3) is 0 Å². The van der Waals surface area contributed by atoms with Gasteiger partial charge in [0.15, 0.2) is 4.77 Å². The fraction of sp³-hybridized carbons (Fsp3) is 0.0714. The van der Waals surface area contributed by atoms with E-state index >= 15 is 0 Å². The van der Waals surface area contributed by atoms with Crippen LogP contribution < -0.4 is 0 Å². The van der Waals surface area contributed by atoms with E-state index in [0.717, 1.165) is 16.6 Å². The molecule has 0 unspecified atom stereocenters. The first-order valence-electron chi connectivity index (χ1n) is 5.87. The van der Waals surface area contributed by atoms with Crippen LogP contribution >= 0.6 is 47.0 Å². The lowest BCUT2D eigenvalue weighted by atomic mass is 10.2. The predicted molar refractivity (Wildman–Crippen MR) is 87.7 cm³/mol. The van der Waals surface area contributed by atoms with E-state index in [0.29, 0.717) is 26.4 Å². The third kappa shape index (κ3) is 2.47. The summed E-state index contributed by atoms with van der Waals surface area (Å²) in [6, 6.07) is 11.3. The average Bonchev–Trinajstić information content (AvgIpc) is 2.69. The number of H-pyrrole nitrogens is 1. The van der Waals surface area contributed by atoms with Gasteiger partial charge < -0.3 is 9.55 Å². The molecule has 0 atom stereocenters. The molecule has 0 saturated carbocycles. The van der Waals surface area contributed by atoms with Crippen LogP contribution in [0.25, 0.3) is 11.0 Å². The van der Waals surface area contributed by atoms with Crippen LogP contribution in [0.5, 0.6) is 0 Å². The molecule has 3 aromatic rings. The van der Waals surface area contributed by atoms with Gasteiger partial charge in [-0.05, 0) is 36.0 Å². The molecule has 6 heteroatoms. The number of aromatic nitrogens is 2. The average molecular weight is 344 g/mol. The third-order valence-electron chi connectivity index (χ3n) is 3.10. The minimum absolute atomic E-state index is 0.500. The molecule has 0 saturated heterocycles. The molecule has 102 valence electrons. The molecule has 2 aromatic carbocycles. The zero-order valence-corrected chi connectivity index (χ0v) is 13.2. The van der Waals surface area contributed by atoms with E-state index < -0.39 is 0 Å². The molecule has 0 aliphatic rings. The lowest BCUT2D eigenvalue weighted by molar-refractivity contribution is 0.811. The second-order valence-electron chi connectivity index (χ2n) is 4.39. The number of benzene rings is 2. The number of hydrogen-bond donors (Lipinski definition) is 1. The highest BCUT2D eigenvalue weighted by Gasteiger charge is 2.09. The van der Waals surface area contributed by atoms with E-state index in [1.165, 1.54) is 0 Å². The number of nitrogens with zero attached hydrogens (tertiary/aromatic N) is 1. The molecule has 0 fully saturated rings. The Labute approximate surface area is 135 Å². The first kappa shape index (κ1) is 14.0. The summed E-state index contributed by atoms with van der Waals surface area (Å²) in [5, 5.41) is 1.71. The largest absolute Gasteiger partial charge is 0.331 e. The van der Waals surface area contributed by atoms with Gasteiger partial charge in [0, 0.05) is 5.02 Å². The van der Waals surface area contributed by atoms with E-state index in [9.17, 15) is 0 Å². The molecular weight excluding hydrogens is 335 g/mol. The van der Waals surface area contributed by atoms with Gasteiger partial charge in [-0.15, -0.1) is 0 Å². The van der Waals surface area contributed by atoms with Crippen LogP contribution in [0, 0.1) is 4.77 Å². The van der Waals surface area contributed by atoms with E-state index in [1.807, 2.05) is 34.9 Å². The highest BCUT2D eigenvalue weighted by Crippen LogP contribution is 2.28. The maximum absolute atomic E-state index is 6.20. The summed E-state index contributed by atoms with van der Waals surface area (Å²) in [7, 11) is 0. The molecule has 0 spiro atoms. The molecule has 2 nitrogen and oxygen atoms in total. The zero-order valence-electron chi connectivity index (χ0n) is 10.2. The van der Waals surface area contributed by atoms with Gasteiger partial charge in [-0.3, -0.25) is 0 Å². The molecule has 1 aromatic heterocycles. The Morgan fingerprint density at radius 2 is 1.70 bits per heavy atom. The zero-order chi connectivity index (χ0) is 14.3. The standard InChI is InChI=1S/C14H9Cl3N2S/c15-9-4-2-1-3-8(9)7-19-13-6-11(17)10(16)5-12(13)18-14(19)20/h1-6H,7H2,(H,18,20). The molecule has 0 aliphatic heterocycles. The highest BCUT2D eigenvalue weighted by molar-refractivity contribution is 7.71. The van der Waals surface area contributed by atoms with Crippen molar-refractivity contribution in [3.63, 3.8) is 0 Å². The van der Waals surface area contributed by atoms with Crippen molar-refractivity contribution in [1.82, 2.24) is 9.55 Å². The maximum Gasteiger partial charge on any atom is 0.178 e. The number of fused-ring (bicyclic) bond motifs is 1. The third-order valence-corrected chi connectivity index (χ3v) is 4.52. The van der Waals surface area contributed by atoms with Gasteiger partial charge in [0.2, 0.25) is 0 Å². The highest BCUT2D eigenvalue weighted by atomic mass is 35.5. The maximum atomic E-state index is 6.20. The van der Waals surface area contributed by atoms with Crippen LogP contribution in [-0.4, -0.2) is 9.55 Å². The fourth-order valence-electron chi connectivity index (χ4n) is 2.11. The number of rotatable bonds is 2. The van der Waals surface area contributed by atoms with Gasteiger partial charge in [-0.25, -0.2) is 0 Å². The Kier molecular flexibility index (Phi) is 3.78. The Hall–Kier alpha value is -1.00. The van der Waals surface area contributed by atoms with Gasteiger partial charge in [0.1, 0.15) is 0 Å². The van der Waals surface area contributed by atoms with Crippen molar-refractivity contribution in [2.75, 3.05) is 0 Å². The van der Waals surface area contributed by atoms with Crippen molar-refractivity contribution in [1.29, 1.82) is 0 Å². The predicted octanol–water partition coefficient (Wildman–Crippen LogP) is 5.71. The Morgan fingerprint density at radius 1 is 1.00 bits per heavy atom. The van der Waals surface area contributed by atoms with Gasteiger partial charge in [-0.2, -0.15) is 0 Å². The van der Waals surface area contributed by atoms with E-state index in [1.54, 1.807) is 6.07 Å². The number of hydrogen-bond acceptors (Lipinski definition) is 1. The first-order chi connectivity index (χ1) is 9.56. The minimum Gasteiger partial charge on any atom is -0.331 e. The molecule has 0 radical (unpaired) electrons. The van der Waals surface area contributed by atoms with Crippen molar-refractivity contribution >= 4 is 58.1 Å². The van der Waals surface area contributed by atoms with E-state index in [2.05, 4.69) is 4.98 Å². The van der Waals surface area contributed by atoms with Crippen molar-refractivity contribution < 1.29 is 0 Å². The van der Waals surface area contributed by atoms with Crippen LogP contribution in [0.15, 0.2) is 36.4 Å². The number of halogens is 3. The topological polar surface area (TPSA) is 20.7 Å². The summed E-state index contributed by atoms with van der Waals surface area (Å²) in [6.45, 7) is 0.580. The summed E-state index contributed by atoms with van der Waals surface area (Å²) < 4.78 is 2.56. The lowest BCUT2D eigenvalue weighted by Crippen LogP contribution is -2.00. The SMILES string of the molecule is S=c1[nH]c2cc(Cl)c(Cl)cc2n1Cc1ccccc1Cl. The monoisotopic (exact) mass is 342 g/mol. The molecular formula is C14H9Cl3N2S. The number of nitrogens with one attached hydrogen (secondary N) is 1. The van der Waals surface area contributed by atoms with Gasteiger partial charge in [-0.1, -0.05) is 53.0 Å². The molecule has 3 rings (SSSR count). The van der Waals surface area contributed by atoms with E-state index in [4.69, 9.17) is 47.0 Å². The van der Waals surface area contributed by atoms with Crippen LogP contribution in [-0.2, 0) is 6.54 Å². The number of aromatic amines is 1. The minimum atomic E-state index is 0.500. The quantitative estimate of drug-likeness (QED) is 0.591. The van der Waals surface area contributed by atoms with E-state index in [-0.39, 0.29) is 0 Å². The lowest BCUT2D eigenvalue weighted by Gasteiger charge is -2.07. The van der Waals surface area contributed by atoms with Crippen LogP contribution in [0.4, 0.5) is 0 Å². The Morgan fingerprint density at radius 3 is 2.45 bits per heavy atom. The van der Waals surface area contributed by atoms with Crippen LogP contribution in [0.3, 0.4) is 0 Å². The van der Waals surface area contributed by atoms with Gasteiger partial charge in [0.05, 0.1) is 27.6 Å². The molecule has 1 heterocycles. The van der Waals surface area contributed by atoms with Crippen LogP contribution in [0.2, 0.25) is 15.1 Å². The first-order valence-corrected chi connectivity index (χ1v) is 7.41. The summed E-state index contributed by atoms with van der Waals surface area (Å²) in [5.74, 6) is 0. The van der Waals surface area contributed by atoms with Gasteiger partial charge >= 0.3 is 0 Å². The summed E-state index contributed by atoms with van der Waals surface area (Å²) >= 11 is 23.7. The Bertz CT molecular complexity index is 851. The van der Waals surface area contributed by atoms with Crippen molar-refractivity contribution in [2.24, 2.45) is 0 Å². The van der Waals surface area contributed by atoms with Crippen molar-refractivity contribution in [3.8, 4) is 0 Å². The molecule has 0 bridgehead atoms. The normalized spacial score (nSPS) is 11.2. The molecule has 1 N–H and O–H groups in total. The van der Waals surface area contributed by atoms with Crippen molar-refractivity contribution in [2.45, 2.75) is 6.54 Å². The van der Waals surface area contributed by atoms with Crippen molar-refractivity contribution in [3.05, 3.63) is 61.8 Å². The second kappa shape index (κ2) is 5.41. The number of imidazole rings is 1. The fourth-order valence-corrected chi connectivity index (χ4v) is 2.90. The second-order valence-corrected chi connectivity index (χ2v) is 6.00. The summed E-state index contributed by atoms with van der Waals surface area (Å²) in [4.78, 5) is 3.13. The summed E-state index contributed by atoms with van der Waals surface area (Å²) in [5.41, 5.74) is 2.76. The molecule has 20 heavy (non-hydrogen) atoms. The molecule has 0 amide bonds. The smallest absolute Gasteiger partial charge is 0.178 e. The Balaban J connectivity index is 2.17. The van der Waals surface area contributed by atoms with Crippen LogP contribution in [0.1, 0.15) is 5.56 Å².